The van der Waals surface area contributed by atoms with E-state index in [9.17, 15) is 9.59 Å². The second kappa shape index (κ2) is 10.0. The molecule has 0 amide bonds. The van der Waals surface area contributed by atoms with Gasteiger partial charge in [-0.3, -0.25) is 4.79 Å². The van der Waals surface area contributed by atoms with Gasteiger partial charge in [-0.15, -0.1) is 0 Å². The molecule has 2 aromatic carbocycles. The first-order valence-electron chi connectivity index (χ1n) is 10.3. The first kappa shape index (κ1) is 22.4. The lowest BCUT2D eigenvalue weighted by molar-refractivity contribution is -0.143. The number of benzene rings is 2. The van der Waals surface area contributed by atoms with Crippen LogP contribution in [0.2, 0.25) is 5.04 Å². The van der Waals surface area contributed by atoms with Crippen LogP contribution in [0.4, 0.5) is 0 Å². The molecular weight excluding hydrogens is 364 g/mol. The molecule has 0 aliphatic carbocycles. The van der Waals surface area contributed by atoms with E-state index in [1.54, 1.807) is 0 Å². The van der Waals surface area contributed by atoms with Crippen molar-refractivity contribution in [3.05, 3.63) is 60.7 Å². The van der Waals surface area contributed by atoms with Gasteiger partial charge >= 0.3 is 5.97 Å². The van der Waals surface area contributed by atoms with Crippen LogP contribution in [0.15, 0.2) is 60.7 Å². The Kier molecular flexibility index (Phi) is 8.02. The van der Waals surface area contributed by atoms with Crippen LogP contribution >= 0.6 is 0 Å². The average molecular weight is 399 g/mol. The van der Waals surface area contributed by atoms with Crippen LogP contribution in [0.25, 0.3) is 0 Å². The highest BCUT2D eigenvalue weighted by Gasteiger charge is 2.50. The Bertz CT molecular complexity index is 689. The topological polar surface area (TPSA) is 46.5 Å². The van der Waals surface area contributed by atoms with Crippen molar-refractivity contribution in [2.24, 2.45) is 5.92 Å². The van der Waals surface area contributed by atoms with Crippen LogP contribution in [-0.2, 0) is 9.53 Å². The number of carbonyl (C=O) groups excluding carboxylic acids is 1. The predicted octanol–water partition coefficient (Wildman–Crippen LogP) is 4.28. The summed E-state index contributed by atoms with van der Waals surface area (Å²) in [6, 6.07) is 20.3. The van der Waals surface area contributed by atoms with E-state index in [1.807, 2.05) is 43.3 Å². The Labute approximate surface area is 170 Å². The largest absolute Gasteiger partial charge is 0.466 e. The van der Waals surface area contributed by atoms with Gasteiger partial charge in [-0.05, 0) is 41.1 Å². The maximum atomic E-state index is 12.2. The summed E-state index contributed by atoms with van der Waals surface area (Å²) in [7, 11) is -2.96. The lowest BCUT2D eigenvalue weighted by Crippen LogP contribution is -2.65. The molecule has 1 atom stereocenters. The van der Waals surface area contributed by atoms with Crippen LogP contribution in [-0.4, -0.2) is 25.7 Å². The molecule has 0 spiro atoms. The molecule has 2 aromatic rings. The van der Waals surface area contributed by atoms with E-state index < -0.39 is 8.32 Å². The summed E-state index contributed by atoms with van der Waals surface area (Å²) in [6.07, 6.45) is 3.16. The minimum Gasteiger partial charge on any atom is -0.466 e. The van der Waals surface area contributed by atoms with Crippen molar-refractivity contribution in [1.29, 1.82) is 0 Å². The summed E-state index contributed by atoms with van der Waals surface area (Å²) in [6.45, 7) is 8.88. The van der Waals surface area contributed by atoms with E-state index in [2.05, 4.69) is 45.0 Å². The number of esters is 1. The van der Waals surface area contributed by atoms with E-state index >= 15 is 0 Å². The summed E-state index contributed by atoms with van der Waals surface area (Å²) in [5.74, 6) is 0.296. The molecule has 0 unspecified atom stereocenters. The second-order valence-electron chi connectivity index (χ2n) is 8.33. The van der Waals surface area contributed by atoms with Gasteiger partial charge in [-0.25, -0.2) is 0 Å². The minimum atomic E-state index is -2.96. The van der Waals surface area contributed by atoms with Crippen LogP contribution in [0.3, 0.4) is 0 Å². The number of rotatable bonds is 10. The van der Waals surface area contributed by atoms with Gasteiger partial charge in [0.2, 0.25) is 0 Å². The first-order chi connectivity index (χ1) is 13.3. The molecule has 0 bridgehead atoms. The predicted molar refractivity (Wildman–Crippen MR) is 118 cm³/mol. The second-order valence-corrected chi connectivity index (χ2v) is 12.3. The van der Waals surface area contributed by atoms with Gasteiger partial charge in [0.25, 0.3) is 8.32 Å². The van der Waals surface area contributed by atoms with E-state index in [1.165, 1.54) is 0 Å². The summed E-state index contributed by atoms with van der Waals surface area (Å²) in [4.78, 5) is 23.8. The zero-order valence-corrected chi connectivity index (χ0v) is 18.7. The fraction of sp³-hybridized carbons (Fsp3) is 0.458. The highest BCUT2D eigenvalue weighted by molar-refractivity contribution is 6.98. The smallest absolute Gasteiger partial charge is 0.305 e. The Morgan fingerprint density at radius 2 is 1.54 bits per heavy atom. The molecule has 0 aliphatic heterocycles. The van der Waals surface area contributed by atoms with E-state index in [0.29, 0.717) is 18.9 Å². The lowest BCUT2D eigenvalue weighted by Gasteiger charge is -2.42. The molecule has 0 saturated heterocycles. The van der Waals surface area contributed by atoms with Crippen molar-refractivity contribution < 1.29 is 14.3 Å². The third-order valence-electron chi connectivity index (χ3n) is 5.60. The molecular formula is C24H34O3Si. The highest BCUT2D eigenvalue weighted by atomic mass is 28.4. The van der Waals surface area contributed by atoms with E-state index in [4.69, 9.17) is 4.74 Å². The fourth-order valence-electron chi connectivity index (χ4n) is 4.26. The van der Waals surface area contributed by atoms with Crippen LogP contribution in [0.5, 0.6) is 0 Å². The van der Waals surface area contributed by atoms with Crippen LogP contribution in [0.1, 0.15) is 53.4 Å². The van der Waals surface area contributed by atoms with Crippen molar-refractivity contribution in [3.63, 3.8) is 0 Å². The molecule has 4 heteroatoms. The van der Waals surface area contributed by atoms with Crippen molar-refractivity contribution in [1.82, 2.24) is 0 Å². The van der Waals surface area contributed by atoms with E-state index in [-0.39, 0.29) is 11.0 Å². The molecule has 2 rings (SSSR count). The van der Waals surface area contributed by atoms with Gasteiger partial charge in [0.15, 0.2) is 0 Å². The van der Waals surface area contributed by atoms with Crippen LogP contribution in [0, 0.1) is 5.92 Å². The maximum Gasteiger partial charge on any atom is 0.305 e. The summed E-state index contributed by atoms with van der Waals surface area (Å²) in [5, 5.41) is 1.84. The summed E-state index contributed by atoms with van der Waals surface area (Å²) < 4.78 is 5.02. The monoisotopic (exact) mass is 398 g/mol. The lowest BCUT2D eigenvalue weighted by atomic mass is 9.93. The number of hydrogen-bond acceptors (Lipinski definition) is 3. The Morgan fingerprint density at radius 3 is 2.00 bits per heavy atom. The van der Waals surface area contributed by atoms with Crippen molar-refractivity contribution in [2.45, 2.75) is 58.4 Å². The summed E-state index contributed by atoms with van der Waals surface area (Å²) >= 11 is 0. The van der Waals surface area contributed by atoms with Gasteiger partial charge in [0.05, 0.1) is 6.61 Å². The van der Waals surface area contributed by atoms with Gasteiger partial charge in [-0.2, -0.15) is 0 Å². The molecule has 0 radical (unpaired) electrons. The number of hydrogen-bond donors (Lipinski definition) is 1. The van der Waals surface area contributed by atoms with Gasteiger partial charge in [0.1, 0.15) is 0 Å². The fourth-order valence-corrected chi connectivity index (χ4v) is 8.15. The third kappa shape index (κ3) is 5.33. The summed E-state index contributed by atoms with van der Waals surface area (Å²) in [5.41, 5.74) is 0. The van der Waals surface area contributed by atoms with Gasteiger partial charge < -0.3 is 9.53 Å². The number of carbonyl (C=O) groups is 1. The maximum absolute atomic E-state index is 12.2. The van der Waals surface area contributed by atoms with Crippen molar-refractivity contribution >= 4 is 24.7 Å². The molecule has 1 N–H and O–H groups in total. The standard InChI is InChI=1S/C24H34O3Si/c1-5-27-23(25)18-12-13-20(2)19-24(3,4)28(26,21-14-8-6-9-15-21)22-16-10-7-11-17-22/h6-11,14-17,20,26H,5,12-13,18-19H2,1-4H3/t20-/m1/s1. The van der Waals surface area contributed by atoms with Crippen molar-refractivity contribution in [2.75, 3.05) is 6.61 Å². The molecule has 3 nitrogen and oxygen atoms in total. The zero-order valence-electron chi connectivity index (χ0n) is 17.7. The molecule has 0 saturated carbocycles. The molecule has 0 heterocycles. The molecule has 0 aromatic heterocycles. The Balaban J connectivity index is 2.19. The zero-order chi connectivity index (χ0) is 20.6. The Hall–Kier alpha value is -1.91. The van der Waals surface area contributed by atoms with Crippen molar-refractivity contribution in [3.8, 4) is 0 Å². The SMILES string of the molecule is CCOC(=O)CCC[C@@H](C)CC(C)(C)[Si](O)(c1ccccc1)c1ccccc1. The normalized spacial score (nSPS) is 13.2. The molecule has 0 fully saturated rings. The van der Waals surface area contributed by atoms with Crippen LogP contribution < -0.4 is 10.4 Å². The quantitative estimate of drug-likeness (QED) is 0.480. The minimum absolute atomic E-state index is 0.117. The highest BCUT2D eigenvalue weighted by Crippen LogP contribution is 2.42. The van der Waals surface area contributed by atoms with Gasteiger partial charge in [0, 0.05) is 6.42 Å². The van der Waals surface area contributed by atoms with Gasteiger partial charge in [-0.1, -0.05) is 87.9 Å². The average Bonchev–Trinajstić information content (AvgIpc) is 2.68. The number of ether oxygens (including phenoxy) is 1. The molecule has 28 heavy (non-hydrogen) atoms. The first-order valence-corrected chi connectivity index (χ1v) is 12.2. The molecule has 0 aliphatic rings. The molecule has 152 valence electrons. The Morgan fingerprint density at radius 1 is 1.04 bits per heavy atom. The van der Waals surface area contributed by atoms with E-state index in [0.717, 1.165) is 29.6 Å². The third-order valence-corrected chi connectivity index (χ3v) is 10.1.